The van der Waals surface area contributed by atoms with E-state index in [4.69, 9.17) is 0 Å². The van der Waals surface area contributed by atoms with Gasteiger partial charge in [-0.3, -0.25) is 0 Å². The number of hydrogen-bond donors (Lipinski definition) is 0. The molecule has 0 atom stereocenters. The Kier molecular flexibility index (Phi) is 6.70. The van der Waals surface area contributed by atoms with Crippen LogP contribution in [0.1, 0.15) is 0 Å². The summed E-state index contributed by atoms with van der Waals surface area (Å²) in [7, 11) is 10.9. The van der Waals surface area contributed by atoms with E-state index in [9.17, 15) is 0 Å². The van der Waals surface area contributed by atoms with Crippen molar-refractivity contribution < 1.29 is 17.1 Å². The number of rotatable bonds is 6. The number of hydrogen-bond acceptors (Lipinski definition) is 4. The van der Waals surface area contributed by atoms with Gasteiger partial charge in [-0.1, -0.05) is 0 Å². The second-order valence-electron chi connectivity index (χ2n) is 7.56. The average molecular weight is 476 g/mol. The molecule has 7 heteroatoms. The molecule has 4 nitrogen and oxygen atoms in total. The van der Waals surface area contributed by atoms with Gasteiger partial charge in [0.15, 0.2) is 0 Å². The molecule has 0 spiro atoms. The summed E-state index contributed by atoms with van der Waals surface area (Å²) in [6, 6.07) is 0. The summed E-state index contributed by atoms with van der Waals surface area (Å²) >= 11 is -2.88. The molecule has 0 bridgehead atoms. The van der Waals surface area contributed by atoms with Crippen LogP contribution in [0, 0.1) is 0 Å². The fraction of sp³-hybridized carbons (Fsp3) is 1.00. The monoisotopic (exact) mass is 476 g/mol. The van der Waals surface area contributed by atoms with Gasteiger partial charge in [0, 0.05) is 0 Å². The summed E-state index contributed by atoms with van der Waals surface area (Å²) in [4.78, 5) is 0. The minimum atomic E-state index is -2.88. The van der Waals surface area contributed by atoms with E-state index in [1.54, 1.807) is 0 Å². The van der Waals surface area contributed by atoms with Crippen molar-refractivity contribution in [3.63, 3.8) is 0 Å². The minimum absolute atomic E-state index is 1.38. The van der Waals surface area contributed by atoms with Crippen molar-refractivity contribution in [2.24, 2.45) is 0 Å². The van der Waals surface area contributed by atoms with Crippen molar-refractivity contribution in [1.29, 1.82) is 0 Å². The zero-order chi connectivity index (χ0) is 15.8. The quantitative estimate of drug-likeness (QED) is 0.547. The third-order valence-electron chi connectivity index (χ3n) is 2.93. The van der Waals surface area contributed by atoms with Gasteiger partial charge in [0.1, 0.15) is 0 Å². The maximum absolute atomic E-state index is 3.05. The molecule has 0 aliphatic carbocycles. The zero-order valence-corrected chi connectivity index (χ0v) is 20.1. The molecule has 118 valence electrons. The summed E-state index contributed by atoms with van der Waals surface area (Å²) in [5.74, 6) is 0. The van der Waals surface area contributed by atoms with Crippen molar-refractivity contribution in [2.45, 2.75) is 39.3 Å². The van der Waals surface area contributed by atoms with Crippen molar-refractivity contribution in [3.05, 3.63) is 0 Å². The van der Waals surface area contributed by atoms with E-state index in [2.05, 4.69) is 94.7 Å². The molecule has 0 aliphatic heterocycles. The van der Waals surface area contributed by atoms with Crippen LogP contribution in [0.3, 0.4) is 0 Å². The van der Waals surface area contributed by atoms with Crippen molar-refractivity contribution in [3.8, 4) is 0 Å². The second kappa shape index (κ2) is 6.38. The predicted octanol–water partition coefficient (Wildman–Crippen LogP) is 2.46. The third kappa shape index (κ3) is 3.99. The van der Waals surface area contributed by atoms with Crippen LogP contribution in [0.2, 0.25) is 39.3 Å². The van der Waals surface area contributed by atoms with Crippen LogP contribution >= 0.6 is 0 Å². The Morgan fingerprint density at radius 2 is 0.737 bits per heavy atom. The molecular formula is C12H36N4Si2W. The molecule has 0 unspecified atom stereocenters. The molecule has 0 rings (SSSR count). The van der Waals surface area contributed by atoms with Gasteiger partial charge in [-0.15, -0.1) is 0 Å². The van der Waals surface area contributed by atoms with E-state index < -0.39 is 33.5 Å². The molecule has 0 amide bonds. The molecule has 0 N–H and O–H groups in total. The summed E-state index contributed by atoms with van der Waals surface area (Å²) in [5.41, 5.74) is 0. The van der Waals surface area contributed by atoms with Gasteiger partial charge in [-0.25, -0.2) is 0 Å². The molecule has 0 fully saturated rings. The fourth-order valence-electron chi connectivity index (χ4n) is 3.21. The Morgan fingerprint density at radius 1 is 0.526 bits per heavy atom. The summed E-state index contributed by atoms with van der Waals surface area (Å²) in [6.45, 7) is 15.0. The van der Waals surface area contributed by atoms with Gasteiger partial charge in [-0.05, 0) is 0 Å². The molecule has 0 radical (unpaired) electrons. The van der Waals surface area contributed by atoms with E-state index in [1.807, 2.05) is 0 Å². The van der Waals surface area contributed by atoms with Crippen LogP contribution in [-0.2, 0) is 17.1 Å². The molecule has 0 heterocycles. The normalized spacial score (nSPS) is 16.0. The standard InChI is InChI=1S/C6H18NSi2.3C2H6N.W/c1-8(2,3)7-9(4,5)6;3*1-3-2;/h1-6H3;3*1-2H3;/q4*-1;+4. The first kappa shape index (κ1) is 20.0. The Hall–Kier alpha value is 0.962. The van der Waals surface area contributed by atoms with E-state index in [1.165, 1.54) is 0 Å². The van der Waals surface area contributed by atoms with Crippen LogP contribution in [-0.4, -0.2) is 71.9 Å². The Morgan fingerprint density at radius 3 is 0.789 bits per heavy atom. The molecule has 19 heavy (non-hydrogen) atoms. The summed E-state index contributed by atoms with van der Waals surface area (Å²) < 4.78 is 10.7. The fourth-order valence-corrected chi connectivity index (χ4v) is 47.2. The third-order valence-corrected chi connectivity index (χ3v) is 37.5. The summed E-state index contributed by atoms with van der Waals surface area (Å²) in [6.07, 6.45) is 0. The van der Waals surface area contributed by atoms with E-state index in [0.29, 0.717) is 0 Å². The van der Waals surface area contributed by atoms with Crippen LogP contribution in [0.25, 0.3) is 0 Å². The zero-order valence-electron chi connectivity index (χ0n) is 15.2. The molecule has 0 saturated carbocycles. The summed E-state index contributed by atoms with van der Waals surface area (Å²) in [5, 5.41) is 0. The molecule has 0 aromatic carbocycles. The van der Waals surface area contributed by atoms with Crippen molar-refractivity contribution in [1.82, 2.24) is 13.2 Å². The SMILES string of the molecule is C[N](C)[W]([N](C)C)([N](C)C)[N]([Si](C)(C)C)[Si](C)(C)C. The molecule has 0 aromatic rings. The van der Waals surface area contributed by atoms with Gasteiger partial charge in [-0.2, -0.15) is 0 Å². The van der Waals surface area contributed by atoms with Crippen molar-refractivity contribution in [2.75, 3.05) is 42.3 Å². The molecular weight excluding hydrogens is 440 g/mol. The van der Waals surface area contributed by atoms with Crippen LogP contribution in [0.4, 0.5) is 0 Å². The first-order chi connectivity index (χ1) is 8.20. The molecule has 0 aromatic heterocycles. The predicted molar refractivity (Wildman–Crippen MR) is 89.6 cm³/mol. The van der Waals surface area contributed by atoms with E-state index >= 15 is 0 Å². The van der Waals surface area contributed by atoms with E-state index in [-0.39, 0.29) is 0 Å². The van der Waals surface area contributed by atoms with E-state index in [0.717, 1.165) is 0 Å². The average Bonchev–Trinajstić information content (AvgIpc) is 2.07. The van der Waals surface area contributed by atoms with Gasteiger partial charge in [0.2, 0.25) is 0 Å². The van der Waals surface area contributed by atoms with Gasteiger partial charge < -0.3 is 0 Å². The van der Waals surface area contributed by atoms with Crippen LogP contribution < -0.4 is 0 Å². The maximum atomic E-state index is 3.05. The van der Waals surface area contributed by atoms with Gasteiger partial charge in [0.05, 0.1) is 0 Å². The Bertz CT molecular complexity index is 259. The second-order valence-corrected chi connectivity index (χ2v) is 32.8. The first-order valence-electron chi connectivity index (χ1n) is 6.86. The van der Waals surface area contributed by atoms with Crippen LogP contribution in [0.15, 0.2) is 0 Å². The number of nitrogens with zero attached hydrogens (tertiary/aromatic N) is 4. The first-order valence-corrected chi connectivity index (χ1v) is 19.0. The molecule has 0 aliphatic rings. The Labute approximate surface area is 128 Å². The van der Waals surface area contributed by atoms with Gasteiger partial charge in [0.25, 0.3) is 0 Å². The van der Waals surface area contributed by atoms with Gasteiger partial charge >= 0.3 is 128 Å². The topological polar surface area (TPSA) is 13.0 Å². The Balaban J connectivity index is 6.21. The molecule has 0 saturated heterocycles. The van der Waals surface area contributed by atoms with Crippen LogP contribution in [0.5, 0.6) is 0 Å². The van der Waals surface area contributed by atoms with Crippen molar-refractivity contribution >= 4 is 16.5 Å².